The van der Waals surface area contributed by atoms with E-state index in [1.807, 2.05) is 0 Å². The van der Waals surface area contributed by atoms with Gasteiger partial charge in [0.05, 0.1) is 6.61 Å². The second-order valence-electron chi connectivity index (χ2n) is 2.98. The Bertz CT molecular complexity index is 243. The summed E-state index contributed by atoms with van der Waals surface area (Å²) in [6.45, 7) is 5.39. The first-order valence-corrected chi connectivity index (χ1v) is 5.44. The zero-order valence-electron chi connectivity index (χ0n) is 7.06. The van der Waals surface area contributed by atoms with Crippen LogP contribution >= 0.6 is 7.60 Å². The predicted molar refractivity (Wildman–Crippen MR) is 46.7 cm³/mol. The smallest absolute Gasteiger partial charge is 0.323 e. The van der Waals surface area contributed by atoms with Crippen molar-refractivity contribution in [2.45, 2.75) is 18.6 Å². The molecule has 3 N–H and O–H groups in total. The first kappa shape index (κ1) is 9.93. The molecule has 12 heavy (non-hydrogen) atoms. The van der Waals surface area contributed by atoms with Gasteiger partial charge in [-0.15, -0.1) is 6.58 Å². The molecule has 1 rings (SSSR count). The molecule has 0 aliphatic heterocycles. The molecule has 0 aromatic heterocycles. The molecule has 0 bridgehead atoms. The fraction of sp³-hybridized carbons (Fsp3) is 0.714. The van der Waals surface area contributed by atoms with E-state index in [-0.39, 0.29) is 12.5 Å². The van der Waals surface area contributed by atoms with Crippen LogP contribution in [0, 0.1) is 5.92 Å². The Labute approximate surface area is 71.9 Å². The van der Waals surface area contributed by atoms with Gasteiger partial charge < -0.3 is 15.2 Å². The highest BCUT2D eigenvalue weighted by Crippen LogP contribution is 2.68. The molecule has 1 unspecified atom stereocenters. The zero-order chi connectivity index (χ0) is 9.41. The standard InChI is InChI=1S/C7H14NO3P/c1-3-6-5-7(6,8)12(9,10)11-4-2/h3,6H,1,4-5,8H2,2H3,(H,9,10)/t6-,7-/m0/s1. The van der Waals surface area contributed by atoms with Crippen molar-refractivity contribution < 1.29 is 14.0 Å². The third-order valence-corrected chi connectivity index (χ3v) is 4.32. The summed E-state index contributed by atoms with van der Waals surface area (Å²) < 4.78 is 16.2. The molecule has 1 aliphatic carbocycles. The van der Waals surface area contributed by atoms with E-state index in [1.165, 1.54) is 0 Å². The van der Waals surface area contributed by atoms with Gasteiger partial charge in [0.1, 0.15) is 5.28 Å². The van der Waals surface area contributed by atoms with Crippen molar-refractivity contribution in [2.24, 2.45) is 11.7 Å². The predicted octanol–water partition coefficient (Wildman–Crippen LogP) is 1.07. The van der Waals surface area contributed by atoms with Gasteiger partial charge in [-0.25, -0.2) is 0 Å². The Hall–Kier alpha value is -0.150. The molecule has 0 aromatic carbocycles. The lowest BCUT2D eigenvalue weighted by Crippen LogP contribution is -2.25. The van der Waals surface area contributed by atoms with Crippen molar-refractivity contribution in [3.8, 4) is 0 Å². The molecule has 0 radical (unpaired) electrons. The van der Waals surface area contributed by atoms with E-state index < -0.39 is 12.9 Å². The summed E-state index contributed by atoms with van der Waals surface area (Å²) in [5.74, 6) is -0.0834. The van der Waals surface area contributed by atoms with Gasteiger partial charge in [-0.3, -0.25) is 4.57 Å². The average molecular weight is 191 g/mol. The monoisotopic (exact) mass is 191 g/mol. The van der Waals surface area contributed by atoms with Crippen LogP contribution in [0.25, 0.3) is 0 Å². The SMILES string of the molecule is C=C[C@H]1C[C@]1(N)P(=O)(O)OCC. The van der Waals surface area contributed by atoms with E-state index in [0.717, 1.165) is 0 Å². The fourth-order valence-corrected chi connectivity index (χ4v) is 2.74. The van der Waals surface area contributed by atoms with E-state index in [2.05, 4.69) is 6.58 Å². The summed E-state index contributed by atoms with van der Waals surface area (Å²) in [6.07, 6.45) is 2.09. The molecular weight excluding hydrogens is 177 g/mol. The second kappa shape index (κ2) is 2.96. The molecule has 1 fully saturated rings. The normalized spacial score (nSPS) is 38.8. The lowest BCUT2D eigenvalue weighted by molar-refractivity contribution is 0.260. The number of nitrogens with two attached hydrogens (primary N) is 1. The number of rotatable bonds is 4. The van der Waals surface area contributed by atoms with Crippen LogP contribution in [-0.2, 0) is 9.09 Å². The zero-order valence-corrected chi connectivity index (χ0v) is 7.96. The van der Waals surface area contributed by atoms with Crippen molar-refractivity contribution >= 4 is 7.60 Å². The number of hydrogen-bond acceptors (Lipinski definition) is 3. The fourth-order valence-electron chi connectivity index (χ4n) is 1.20. The van der Waals surface area contributed by atoms with Crippen LogP contribution in [0.15, 0.2) is 12.7 Å². The van der Waals surface area contributed by atoms with Crippen molar-refractivity contribution in [3.05, 3.63) is 12.7 Å². The Balaban J connectivity index is 2.70. The van der Waals surface area contributed by atoms with Crippen LogP contribution in [0.5, 0.6) is 0 Å². The largest absolute Gasteiger partial charge is 0.348 e. The molecule has 70 valence electrons. The Morgan fingerprint density at radius 1 is 2.00 bits per heavy atom. The molecule has 5 heteroatoms. The summed E-state index contributed by atoms with van der Waals surface area (Å²) in [5, 5.41) is -1.06. The van der Waals surface area contributed by atoms with E-state index in [4.69, 9.17) is 10.3 Å². The molecule has 4 nitrogen and oxygen atoms in total. The van der Waals surface area contributed by atoms with Crippen LogP contribution in [0.1, 0.15) is 13.3 Å². The maximum Gasteiger partial charge on any atom is 0.348 e. The van der Waals surface area contributed by atoms with Gasteiger partial charge in [0.2, 0.25) is 0 Å². The van der Waals surface area contributed by atoms with Crippen molar-refractivity contribution in [1.82, 2.24) is 0 Å². The van der Waals surface area contributed by atoms with E-state index in [1.54, 1.807) is 13.0 Å². The summed E-state index contributed by atoms with van der Waals surface area (Å²) in [6, 6.07) is 0. The van der Waals surface area contributed by atoms with Crippen molar-refractivity contribution in [2.75, 3.05) is 6.61 Å². The first-order valence-electron chi connectivity index (χ1n) is 3.87. The summed E-state index contributed by atoms with van der Waals surface area (Å²) >= 11 is 0. The van der Waals surface area contributed by atoms with Gasteiger partial charge in [0, 0.05) is 5.92 Å². The molecular formula is C7H14NO3P. The van der Waals surface area contributed by atoms with Gasteiger partial charge in [0.15, 0.2) is 0 Å². The molecule has 0 spiro atoms. The lowest BCUT2D eigenvalue weighted by Gasteiger charge is -2.17. The van der Waals surface area contributed by atoms with E-state index >= 15 is 0 Å². The topological polar surface area (TPSA) is 72.6 Å². The molecule has 0 amide bonds. The van der Waals surface area contributed by atoms with Gasteiger partial charge in [-0.2, -0.15) is 0 Å². The Morgan fingerprint density at radius 2 is 2.58 bits per heavy atom. The van der Waals surface area contributed by atoms with Gasteiger partial charge in [-0.1, -0.05) is 6.08 Å². The first-order chi connectivity index (χ1) is 5.48. The van der Waals surface area contributed by atoms with Crippen LogP contribution in [0.3, 0.4) is 0 Å². The molecule has 3 atom stereocenters. The van der Waals surface area contributed by atoms with Crippen LogP contribution in [0.4, 0.5) is 0 Å². The highest BCUT2D eigenvalue weighted by atomic mass is 31.2. The quantitative estimate of drug-likeness (QED) is 0.515. The van der Waals surface area contributed by atoms with Crippen LogP contribution in [0.2, 0.25) is 0 Å². The summed E-state index contributed by atoms with van der Waals surface area (Å²) in [4.78, 5) is 9.38. The van der Waals surface area contributed by atoms with E-state index in [0.29, 0.717) is 6.42 Å². The molecule has 0 saturated heterocycles. The average Bonchev–Trinajstić information content (AvgIpc) is 2.63. The Morgan fingerprint density at radius 3 is 2.92 bits per heavy atom. The van der Waals surface area contributed by atoms with Crippen LogP contribution < -0.4 is 5.73 Å². The third kappa shape index (κ3) is 1.36. The minimum atomic E-state index is -3.63. The van der Waals surface area contributed by atoms with E-state index in [9.17, 15) is 9.46 Å². The molecule has 1 aliphatic rings. The molecule has 0 heterocycles. The summed E-state index contributed by atoms with van der Waals surface area (Å²) in [7, 11) is -3.63. The minimum Gasteiger partial charge on any atom is -0.323 e. The molecule has 1 saturated carbocycles. The highest BCUT2D eigenvalue weighted by Gasteiger charge is 2.62. The maximum absolute atomic E-state index is 11.4. The highest BCUT2D eigenvalue weighted by molar-refractivity contribution is 7.55. The van der Waals surface area contributed by atoms with Gasteiger partial charge >= 0.3 is 7.60 Å². The maximum atomic E-state index is 11.4. The lowest BCUT2D eigenvalue weighted by atomic mass is 10.4. The third-order valence-electron chi connectivity index (χ3n) is 2.14. The van der Waals surface area contributed by atoms with Crippen molar-refractivity contribution in [3.63, 3.8) is 0 Å². The Kier molecular flexibility index (Phi) is 2.45. The van der Waals surface area contributed by atoms with Crippen molar-refractivity contribution in [1.29, 1.82) is 0 Å². The van der Waals surface area contributed by atoms with Gasteiger partial charge in [-0.05, 0) is 13.3 Å². The van der Waals surface area contributed by atoms with Gasteiger partial charge in [0.25, 0.3) is 0 Å². The van der Waals surface area contributed by atoms with Crippen LogP contribution in [-0.4, -0.2) is 16.8 Å². The minimum absolute atomic E-state index is 0.0834. The molecule has 0 aromatic rings. The summed E-state index contributed by atoms with van der Waals surface area (Å²) in [5.41, 5.74) is 5.66. The number of hydrogen-bond donors (Lipinski definition) is 2. The second-order valence-corrected chi connectivity index (χ2v) is 5.11.